The molecule has 0 aliphatic rings. The van der Waals surface area contributed by atoms with E-state index in [-0.39, 0.29) is 0 Å². The lowest BCUT2D eigenvalue weighted by atomic mass is 9.98. The van der Waals surface area contributed by atoms with Gasteiger partial charge in [0.2, 0.25) is 0 Å². The Hall–Kier alpha value is -8.38. The number of hydrogen-bond acceptors (Lipinski definition) is 2. The van der Waals surface area contributed by atoms with Gasteiger partial charge in [-0.05, 0) is 127 Å². The molecule has 0 aliphatic heterocycles. The van der Waals surface area contributed by atoms with Gasteiger partial charge in [-0.15, -0.1) is 0 Å². The van der Waals surface area contributed by atoms with E-state index in [2.05, 4.69) is 210 Å². The van der Waals surface area contributed by atoms with E-state index in [0.29, 0.717) is 16.8 Å². The summed E-state index contributed by atoms with van der Waals surface area (Å²) < 4.78 is 6.77. The van der Waals surface area contributed by atoms with E-state index < -0.39 is 0 Å². The van der Waals surface area contributed by atoms with Gasteiger partial charge in [0, 0.05) is 43.7 Å². The maximum absolute atomic E-state index is 10.4. The van der Waals surface area contributed by atoms with E-state index in [1.807, 2.05) is 0 Å². The van der Waals surface area contributed by atoms with Crippen LogP contribution in [0.3, 0.4) is 0 Å². The van der Waals surface area contributed by atoms with Crippen LogP contribution in [0.2, 0.25) is 0 Å². The Morgan fingerprint density at radius 2 is 0.852 bits per heavy atom. The van der Waals surface area contributed by atoms with Crippen molar-refractivity contribution in [2.45, 2.75) is 13.8 Å². The largest absolute Gasteiger partial charge is 0.310 e. The molecule has 0 amide bonds. The predicted octanol–water partition coefficient (Wildman–Crippen LogP) is 14.5. The summed E-state index contributed by atoms with van der Waals surface area (Å²) in [5, 5.41) is 27.6. The van der Waals surface area contributed by atoms with Crippen molar-refractivity contribution >= 4 is 71.1 Å². The van der Waals surface area contributed by atoms with Crippen LogP contribution in [0.5, 0.6) is 0 Å². The Morgan fingerprint density at radius 3 is 1.39 bits per heavy atom. The molecule has 5 heteroatoms. The average Bonchev–Trinajstić information content (AvgIpc) is 3.95. The van der Waals surface area contributed by atoms with Crippen molar-refractivity contribution in [3.05, 3.63) is 199 Å². The van der Waals surface area contributed by atoms with Crippen LogP contribution in [0.15, 0.2) is 188 Å². The van der Waals surface area contributed by atoms with E-state index in [9.17, 15) is 10.5 Å². The molecule has 8 aromatic carbocycles. The zero-order valence-electron chi connectivity index (χ0n) is 33.6. The Balaban J connectivity index is 1.14. The molecule has 5 nitrogen and oxygen atoms in total. The van der Waals surface area contributed by atoms with Gasteiger partial charge in [0.25, 0.3) is 0 Å². The van der Waals surface area contributed by atoms with Gasteiger partial charge in [0.15, 0.2) is 0 Å². The van der Waals surface area contributed by atoms with Crippen LogP contribution in [0.25, 0.3) is 105 Å². The smallest absolute Gasteiger partial charge is 0.101 e. The van der Waals surface area contributed by atoms with Crippen LogP contribution in [0.4, 0.5) is 0 Å². The number of allylic oxidation sites excluding steroid dienone is 4. The summed E-state index contributed by atoms with van der Waals surface area (Å²) >= 11 is 0. The Kier molecular flexibility index (Phi) is 8.31. The zero-order chi connectivity index (χ0) is 41.2. The molecule has 0 bridgehead atoms. The van der Waals surface area contributed by atoms with E-state index in [0.717, 1.165) is 66.5 Å². The first-order valence-corrected chi connectivity index (χ1v) is 20.5. The second kappa shape index (κ2) is 14.2. The summed E-state index contributed by atoms with van der Waals surface area (Å²) in [4.78, 5) is 0. The van der Waals surface area contributed by atoms with Crippen LogP contribution in [0.1, 0.15) is 25.0 Å². The van der Waals surface area contributed by atoms with Crippen molar-refractivity contribution in [3.8, 4) is 45.8 Å². The van der Waals surface area contributed by atoms with Gasteiger partial charge in [-0.3, -0.25) is 0 Å². The van der Waals surface area contributed by atoms with E-state index >= 15 is 0 Å². The third-order valence-corrected chi connectivity index (χ3v) is 12.2. The van der Waals surface area contributed by atoms with Crippen molar-refractivity contribution in [1.29, 1.82) is 10.5 Å². The van der Waals surface area contributed by atoms with Gasteiger partial charge in [-0.25, -0.2) is 0 Å². The molecule has 0 saturated heterocycles. The SMILES string of the molecule is C/C=C\C(=C/C)n1c2ccccc2c2cc(-c3ccc4c(c3)c3cc(-c5ccc6c(c5)c5ccccc5n6-c5ccccc5)ccc3n4-c3c(C#N)cccc3C#N)ccc21. The topological polar surface area (TPSA) is 62.4 Å². The Morgan fingerprint density at radius 1 is 0.426 bits per heavy atom. The van der Waals surface area contributed by atoms with Gasteiger partial charge in [-0.2, -0.15) is 10.5 Å². The molecule has 11 aromatic rings. The van der Waals surface area contributed by atoms with E-state index in [1.54, 1.807) is 18.2 Å². The summed E-state index contributed by atoms with van der Waals surface area (Å²) in [6, 6.07) is 64.5. The van der Waals surface area contributed by atoms with Crippen molar-refractivity contribution in [2.24, 2.45) is 0 Å². The number of nitriles is 2. The van der Waals surface area contributed by atoms with E-state index in [1.165, 1.54) is 32.6 Å². The fourth-order valence-corrected chi connectivity index (χ4v) is 9.50. The third kappa shape index (κ3) is 5.46. The van der Waals surface area contributed by atoms with Crippen molar-refractivity contribution in [2.75, 3.05) is 0 Å². The average molecular weight is 780 g/mol. The quantitative estimate of drug-likeness (QED) is 0.158. The first-order valence-electron chi connectivity index (χ1n) is 20.5. The van der Waals surface area contributed by atoms with Gasteiger partial charge < -0.3 is 13.7 Å². The number of aromatic nitrogens is 3. The molecular weight excluding hydrogens is 743 g/mol. The fraction of sp³-hybridized carbons (Fsp3) is 0.0357. The minimum Gasteiger partial charge on any atom is -0.310 e. The highest BCUT2D eigenvalue weighted by Gasteiger charge is 2.21. The lowest BCUT2D eigenvalue weighted by molar-refractivity contribution is 1.15. The predicted molar refractivity (Wildman–Crippen MR) is 253 cm³/mol. The van der Waals surface area contributed by atoms with Gasteiger partial charge in [0.05, 0.1) is 49.9 Å². The number of nitrogens with zero attached hydrogens (tertiary/aromatic N) is 5. The number of hydrogen-bond donors (Lipinski definition) is 0. The van der Waals surface area contributed by atoms with Crippen molar-refractivity contribution in [1.82, 2.24) is 13.7 Å². The van der Waals surface area contributed by atoms with Gasteiger partial charge in [0.1, 0.15) is 12.1 Å². The number of rotatable bonds is 6. The molecule has 0 saturated carbocycles. The number of fused-ring (bicyclic) bond motifs is 9. The standard InChI is InChI=1S/C56H37N5/c1-3-13-42(4-2)59-50-20-10-8-18-44(50)46-30-36(22-26-52(46)59)38-24-28-54-48(32-38)49-33-39(25-29-55(49)61(54)56-40(34-57)14-12-15-41(56)35-58)37-23-27-53-47(31-37)45-19-9-11-21-51(45)60(53)43-16-6-5-7-17-43/h3-33H,1-2H3/b13-3-,42-4+. The lowest BCUT2D eigenvalue weighted by Crippen LogP contribution is -2.01. The number of benzene rings is 8. The molecular formula is C56H37N5. The first-order chi connectivity index (χ1) is 30.1. The first kappa shape index (κ1) is 35.8. The summed E-state index contributed by atoms with van der Waals surface area (Å²) in [5.74, 6) is 0. The van der Waals surface area contributed by atoms with Crippen molar-refractivity contribution < 1.29 is 0 Å². The molecule has 3 heterocycles. The van der Waals surface area contributed by atoms with Crippen LogP contribution in [-0.2, 0) is 0 Å². The second-order valence-corrected chi connectivity index (χ2v) is 15.4. The van der Waals surface area contributed by atoms with Crippen LogP contribution < -0.4 is 0 Å². The zero-order valence-corrected chi connectivity index (χ0v) is 33.6. The van der Waals surface area contributed by atoms with Crippen molar-refractivity contribution in [3.63, 3.8) is 0 Å². The maximum atomic E-state index is 10.4. The molecule has 11 rings (SSSR count). The summed E-state index contributed by atoms with van der Waals surface area (Å²) in [6.07, 6.45) is 6.39. The van der Waals surface area contributed by atoms with Crippen LogP contribution in [0, 0.1) is 22.7 Å². The molecule has 0 spiro atoms. The molecule has 61 heavy (non-hydrogen) atoms. The minimum absolute atomic E-state index is 0.450. The highest BCUT2D eigenvalue weighted by molar-refractivity contribution is 6.15. The summed E-state index contributed by atoms with van der Waals surface area (Å²) in [5.41, 5.74) is 14.6. The molecule has 0 N–H and O–H groups in total. The molecule has 0 aliphatic carbocycles. The van der Waals surface area contributed by atoms with Crippen LogP contribution in [-0.4, -0.2) is 13.7 Å². The number of para-hydroxylation sites is 4. The summed E-state index contributed by atoms with van der Waals surface area (Å²) in [7, 11) is 0. The summed E-state index contributed by atoms with van der Waals surface area (Å²) in [6.45, 7) is 4.13. The molecule has 3 aromatic heterocycles. The molecule has 0 fully saturated rings. The monoisotopic (exact) mass is 779 g/mol. The van der Waals surface area contributed by atoms with Crippen LogP contribution >= 0.6 is 0 Å². The van der Waals surface area contributed by atoms with Gasteiger partial charge in [-0.1, -0.05) is 97.1 Å². The molecule has 0 atom stereocenters. The molecule has 0 radical (unpaired) electrons. The Bertz CT molecular complexity index is 3710. The highest BCUT2D eigenvalue weighted by Crippen LogP contribution is 2.41. The highest BCUT2D eigenvalue weighted by atomic mass is 15.0. The molecule has 286 valence electrons. The maximum Gasteiger partial charge on any atom is 0.101 e. The second-order valence-electron chi connectivity index (χ2n) is 15.4. The van der Waals surface area contributed by atoms with Gasteiger partial charge >= 0.3 is 0 Å². The normalized spacial score (nSPS) is 12.1. The fourth-order valence-electron chi connectivity index (χ4n) is 9.50. The van der Waals surface area contributed by atoms with E-state index in [4.69, 9.17) is 0 Å². The Labute approximate surface area is 352 Å². The minimum atomic E-state index is 0.450. The molecule has 0 unspecified atom stereocenters. The lowest BCUT2D eigenvalue weighted by Gasteiger charge is -2.12. The third-order valence-electron chi connectivity index (χ3n) is 12.2.